The molecule has 208 valence electrons. The van der Waals surface area contributed by atoms with Gasteiger partial charge < -0.3 is 5.73 Å². The van der Waals surface area contributed by atoms with Crippen molar-refractivity contribution in [2.45, 2.75) is 38.5 Å². The molecule has 0 radical (unpaired) electrons. The van der Waals surface area contributed by atoms with Crippen LogP contribution in [-0.2, 0) is 17.6 Å². The number of nitrogen functional groups attached to an aromatic ring is 1. The number of fused-ring (bicyclic) bond motifs is 1. The minimum atomic E-state index is -0.759. The molecule has 0 saturated carbocycles. The third-order valence-electron chi connectivity index (χ3n) is 7.24. The number of benzene rings is 3. The van der Waals surface area contributed by atoms with Gasteiger partial charge in [0, 0.05) is 30.4 Å². The van der Waals surface area contributed by atoms with Gasteiger partial charge >= 0.3 is 0 Å². The molecule has 4 nitrogen and oxygen atoms in total. The number of hydrogen-bond donors (Lipinski definition) is 1. The zero-order chi connectivity index (χ0) is 29.3. The summed E-state index contributed by atoms with van der Waals surface area (Å²) in [4.78, 5) is 30.0. The van der Waals surface area contributed by atoms with Crippen molar-refractivity contribution in [3.8, 4) is 11.1 Å². The summed E-state index contributed by atoms with van der Waals surface area (Å²) in [6.45, 7) is 1.26. The summed E-state index contributed by atoms with van der Waals surface area (Å²) in [7, 11) is 0. The fourth-order valence-electron chi connectivity index (χ4n) is 5.38. The van der Waals surface area contributed by atoms with Crippen LogP contribution in [0.1, 0.15) is 58.4 Å². The Labute approximate surface area is 234 Å². The van der Waals surface area contributed by atoms with Crippen molar-refractivity contribution in [2.75, 3.05) is 5.73 Å². The Balaban J connectivity index is 1.53. The van der Waals surface area contributed by atoms with Crippen LogP contribution in [0.3, 0.4) is 0 Å². The first-order valence-electron chi connectivity index (χ1n) is 13.1. The van der Waals surface area contributed by atoms with Gasteiger partial charge in [0.1, 0.15) is 34.9 Å². The molecule has 1 aliphatic carbocycles. The Morgan fingerprint density at radius 2 is 1.63 bits per heavy atom. The Morgan fingerprint density at radius 3 is 2.37 bits per heavy atom. The van der Waals surface area contributed by atoms with E-state index < -0.39 is 35.0 Å². The molecule has 1 aromatic heterocycles. The predicted molar refractivity (Wildman–Crippen MR) is 149 cm³/mol. The zero-order valence-electron chi connectivity index (χ0n) is 22.2. The molecule has 0 spiro atoms. The molecule has 2 N–H and O–H groups in total. The summed E-state index contributed by atoms with van der Waals surface area (Å²) in [6, 6.07) is 14.9. The first kappa shape index (κ1) is 28.0. The second-order valence-corrected chi connectivity index (χ2v) is 10.3. The van der Waals surface area contributed by atoms with Crippen LogP contribution in [0.2, 0.25) is 0 Å². The Morgan fingerprint density at radius 1 is 0.878 bits per heavy atom. The van der Waals surface area contributed by atoms with Crippen LogP contribution in [0.25, 0.3) is 16.7 Å². The standard InChI is InChI=1S/C33H26F4N2O2/c1-18(40)29-15-22(5-8-31(29)37)28-7-9-32(38)39-33(28)23(10-19-11-25(35)16-26(36)12-19)14-27(41)13-21-3-2-20-4-6-24(34)17-30(20)21/h3-9,11-12,15-17,23H,2,10,13-14H2,1H3,(H2,38,39)/t23-/m1/s1. The van der Waals surface area contributed by atoms with Gasteiger partial charge in [-0.2, -0.15) is 0 Å². The number of pyridine rings is 1. The third-order valence-corrected chi connectivity index (χ3v) is 7.24. The molecule has 0 aliphatic heterocycles. The Hall–Kier alpha value is -4.59. The van der Waals surface area contributed by atoms with E-state index in [9.17, 15) is 27.2 Å². The van der Waals surface area contributed by atoms with Gasteiger partial charge in [0.05, 0.1) is 11.3 Å². The van der Waals surface area contributed by atoms with E-state index in [1.54, 1.807) is 18.2 Å². The van der Waals surface area contributed by atoms with Crippen LogP contribution in [0.5, 0.6) is 0 Å². The van der Waals surface area contributed by atoms with Crippen LogP contribution in [0.4, 0.5) is 23.4 Å². The summed E-state index contributed by atoms with van der Waals surface area (Å²) >= 11 is 0. The molecule has 41 heavy (non-hydrogen) atoms. The van der Waals surface area contributed by atoms with Crippen molar-refractivity contribution >= 4 is 23.0 Å². The summed E-state index contributed by atoms with van der Waals surface area (Å²) < 4.78 is 56.4. The normalized spacial score (nSPS) is 13.0. The van der Waals surface area contributed by atoms with E-state index >= 15 is 0 Å². The summed E-state index contributed by atoms with van der Waals surface area (Å²) in [5.41, 5.74) is 9.93. The number of Topliss-reactive ketones (excluding diaryl/α,β-unsaturated/α-hetero) is 2. The van der Waals surface area contributed by atoms with Gasteiger partial charge in [-0.25, -0.2) is 22.5 Å². The summed E-state index contributed by atoms with van der Waals surface area (Å²) in [5, 5.41) is 0. The molecule has 1 atom stereocenters. The number of rotatable bonds is 9. The fourth-order valence-corrected chi connectivity index (χ4v) is 5.38. The number of ketones is 2. The van der Waals surface area contributed by atoms with Crippen LogP contribution in [-0.4, -0.2) is 16.6 Å². The maximum Gasteiger partial charge on any atom is 0.162 e. The van der Waals surface area contributed by atoms with Gasteiger partial charge in [-0.3, -0.25) is 9.59 Å². The SMILES string of the molecule is CC(=O)c1cc(-c2ccc(N)nc2[C@@H](CC(=O)CC2=CCc3ccc(F)cc32)Cc2cc(F)cc(F)c2)ccc1F. The lowest BCUT2D eigenvalue weighted by Crippen LogP contribution is -2.14. The number of halogens is 4. The second-order valence-electron chi connectivity index (χ2n) is 10.3. The number of carbonyl (C=O) groups excluding carboxylic acids is 2. The third kappa shape index (κ3) is 6.27. The highest BCUT2D eigenvalue weighted by Gasteiger charge is 2.25. The van der Waals surface area contributed by atoms with Crippen molar-refractivity contribution in [1.29, 1.82) is 0 Å². The van der Waals surface area contributed by atoms with Crippen LogP contribution < -0.4 is 5.73 Å². The molecule has 0 unspecified atom stereocenters. The maximum atomic E-state index is 14.3. The minimum absolute atomic E-state index is 0.0349. The second kappa shape index (κ2) is 11.5. The zero-order valence-corrected chi connectivity index (χ0v) is 22.2. The Kier molecular flexibility index (Phi) is 7.83. The molecule has 1 heterocycles. The number of anilines is 1. The predicted octanol–water partition coefficient (Wildman–Crippen LogP) is 7.41. The number of hydrogen-bond acceptors (Lipinski definition) is 4. The highest BCUT2D eigenvalue weighted by molar-refractivity contribution is 5.96. The average molecular weight is 559 g/mol. The molecule has 3 aromatic carbocycles. The van der Waals surface area contributed by atoms with Gasteiger partial charge in [-0.15, -0.1) is 0 Å². The average Bonchev–Trinajstić information content (AvgIpc) is 3.29. The number of allylic oxidation sites excluding steroid dienone is 2. The van der Waals surface area contributed by atoms with Crippen molar-refractivity contribution in [3.63, 3.8) is 0 Å². The van der Waals surface area contributed by atoms with Crippen LogP contribution in [0.15, 0.2) is 72.8 Å². The van der Waals surface area contributed by atoms with Crippen LogP contribution in [0, 0.1) is 23.3 Å². The first-order chi connectivity index (χ1) is 19.6. The quantitative estimate of drug-likeness (QED) is 0.172. The van der Waals surface area contributed by atoms with Crippen molar-refractivity contribution in [3.05, 3.63) is 124 Å². The van der Waals surface area contributed by atoms with Crippen molar-refractivity contribution < 1.29 is 27.2 Å². The lowest BCUT2D eigenvalue weighted by atomic mass is 9.85. The smallest absolute Gasteiger partial charge is 0.162 e. The highest BCUT2D eigenvalue weighted by atomic mass is 19.1. The van der Waals surface area contributed by atoms with Gasteiger partial charge in [-0.1, -0.05) is 18.2 Å². The topological polar surface area (TPSA) is 73.1 Å². The molecule has 0 bridgehead atoms. The minimum Gasteiger partial charge on any atom is -0.384 e. The highest BCUT2D eigenvalue weighted by Crippen LogP contribution is 2.36. The largest absolute Gasteiger partial charge is 0.384 e. The van der Waals surface area contributed by atoms with Crippen molar-refractivity contribution in [2.24, 2.45) is 0 Å². The van der Waals surface area contributed by atoms with E-state index in [4.69, 9.17) is 5.73 Å². The Bertz CT molecular complexity index is 1690. The molecular weight excluding hydrogens is 532 g/mol. The molecule has 0 amide bonds. The maximum absolute atomic E-state index is 14.3. The van der Waals surface area contributed by atoms with E-state index in [1.165, 1.54) is 49.4 Å². The van der Waals surface area contributed by atoms with Crippen LogP contribution >= 0.6 is 0 Å². The molecule has 1 aliphatic rings. The van der Waals surface area contributed by atoms with E-state index in [1.807, 2.05) is 6.08 Å². The van der Waals surface area contributed by atoms with E-state index in [0.29, 0.717) is 39.9 Å². The fraction of sp³-hybridized carbons (Fsp3) is 0.182. The van der Waals surface area contributed by atoms with Crippen molar-refractivity contribution in [1.82, 2.24) is 4.98 Å². The lowest BCUT2D eigenvalue weighted by molar-refractivity contribution is -0.118. The molecule has 0 fully saturated rings. The monoisotopic (exact) mass is 558 g/mol. The molecule has 4 aromatic rings. The molecule has 8 heteroatoms. The number of nitrogens with zero attached hydrogens (tertiary/aromatic N) is 1. The summed E-state index contributed by atoms with van der Waals surface area (Å²) in [5.74, 6) is -3.75. The molecule has 0 saturated heterocycles. The lowest BCUT2D eigenvalue weighted by Gasteiger charge is -2.21. The number of carbonyl (C=O) groups is 2. The van der Waals surface area contributed by atoms with Gasteiger partial charge in [-0.05, 0) is 96.1 Å². The molecular formula is C33H26F4N2O2. The van der Waals surface area contributed by atoms with E-state index in [2.05, 4.69) is 4.98 Å². The van der Waals surface area contributed by atoms with Gasteiger partial charge in [0.2, 0.25) is 0 Å². The van der Waals surface area contributed by atoms with Gasteiger partial charge in [0.15, 0.2) is 5.78 Å². The summed E-state index contributed by atoms with van der Waals surface area (Å²) in [6.07, 6.45) is 2.51. The first-order valence-corrected chi connectivity index (χ1v) is 13.1. The van der Waals surface area contributed by atoms with E-state index in [0.717, 1.165) is 11.6 Å². The number of nitrogens with two attached hydrogens (primary N) is 1. The molecule has 5 rings (SSSR count). The number of aromatic nitrogens is 1. The van der Waals surface area contributed by atoms with E-state index in [-0.39, 0.29) is 36.4 Å². The van der Waals surface area contributed by atoms with Gasteiger partial charge in [0.25, 0.3) is 0 Å².